The van der Waals surface area contributed by atoms with Crippen LogP contribution in [0.4, 0.5) is 5.69 Å². The molecule has 0 atom stereocenters. The summed E-state index contributed by atoms with van der Waals surface area (Å²) in [6.07, 6.45) is 3.78. The Kier molecular flexibility index (Phi) is 3.82. The molecule has 2 aromatic carbocycles. The monoisotopic (exact) mass is 305 g/mol. The molecule has 0 saturated carbocycles. The number of nitrogens with one attached hydrogen (secondary N) is 1. The molecule has 1 aromatic heterocycles. The van der Waals surface area contributed by atoms with E-state index >= 15 is 0 Å². The van der Waals surface area contributed by atoms with Crippen molar-refractivity contribution in [3.63, 3.8) is 0 Å². The molecule has 3 aromatic rings. The summed E-state index contributed by atoms with van der Waals surface area (Å²) in [6.45, 7) is 3.25. The third kappa shape index (κ3) is 2.98. The Labute approximate surface area is 135 Å². The Bertz CT molecular complexity index is 783. The average Bonchev–Trinajstić information content (AvgIpc) is 3.06. The zero-order chi connectivity index (χ0) is 15.5. The van der Waals surface area contributed by atoms with Crippen molar-refractivity contribution < 1.29 is 4.74 Å². The first-order valence-corrected chi connectivity index (χ1v) is 7.89. The van der Waals surface area contributed by atoms with Gasteiger partial charge in [-0.2, -0.15) is 5.10 Å². The third-order valence-electron chi connectivity index (χ3n) is 4.23. The first kappa shape index (κ1) is 14.0. The van der Waals surface area contributed by atoms with Crippen LogP contribution in [0.5, 0.6) is 0 Å². The van der Waals surface area contributed by atoms with Crippen LogP contribution in [0.15, 0.2) is 60.9 Å². The van der Waals surface area contributed by atoms with Crippen molar-refractivity contribution in [1.82, 2.24) is 10.2 Å². The van der Waals surface area contributed by atoms with Crippen molar-refractivity contribution in [2.45, 2.75) is 13.2 Å². The van der Waals surface area contributed by atoms with E-state index < -0.39 is 0 Å². The number of fused-ring (bicyclic) bond motifs is 1. The highest BCUT2D eigenvalue weighted by Gasteiger charge is 2.15. The van der Waals surface area contributed by atoms with Gasteiger partial charge in [-0.25, -0.2) is 0 Å². The van der Waals surface area contributed by atoms with E-state index in [2.05, 4.69) is 63.6 Å². The molecular weight excluding hydrogens is 286 g/mol. The van der Waals surface area contributed by atoms with Crippen LogP contribution < -0.4 is 4.90 Å². The molecule has 4 rings (SSSR count). The van der Waals surface area contributed by atoms with Crippen molar-refractivity contribution in [3.05, 3.63) is 72.1 Å². The highest BCUT2D eigenvalue weighted by molar-refractivity contribution is 5.63. The van der Waals surface area contributed by atoms with E-state index in [4.69, 9.17) is 4.74 Å². The summed E-state index contributed by atoms with van der Waals surface area (Å²) in [7, 11) is 0. The summed E-state index contributed by atoms with van der Waals surface area (Å²) in [5.74, 6) is 0. The Hall–Kier alpha value is -2.59. The van der Waals surface area contributed by atoms with Gasteiger partial charge in [-0.15, -0.1) is 0 Å². The second kappa shape index (κ2) is 6.26. The number of ether oxygens (including phenoxy) is 1. The molecule has 116 valence electrons. The molecule has 0 saturated heterocycles. The van der Waals surface area contributed by atoms with Crippen LogP contribution in [-0.2, 0) is 17.9 Å². The van der Waals surface area contributed by atoms with E-state index in [-0.39, 0.29) is 0 Å². The smallest absolute Gasteiger partial charge is 0.0737 e. The molecule has 1 aliphatic rings. The highest BCUT2D eigenvalue weighted by atomic mass is 16.5. The number of nitrogens with zero attached hydrogens (tertiary/aromatic N) is 2. The van der Waals surface area contributed by atoms with E-state index in [0.717, 1.165) is 25.3 Å². The van der Waals surface area contributed by atoms with Gasteiger partial charge in [-0.3, -0.25) is 5.10 Å². The van der Waals surface area contributed by atoms with Crippen LogP contribution in [0.1, 0.15) is 11.1 Å². The van der Waals surface area contributed by atoms with Crippen LogP contribution in [0.25, 0.3) is 11.1 Å². The first-order valence-electron chi connectivity index (χ1n) is 7.89. The van der Waals surface area contributed by atoms with Gasteiger partial charge in [-0.1, -0.05) is 36.4 Å². The Balaban J connectivity index is 1.62. The van der Waals surface area contributed by atoms with Gasteiger partial charge >= 0.3 is 0 Å². The van der Waals surface area contributed by atoms with Crippen molar-refractivity contribution in [3.8, 4) is 11.1 Å². The molecule has 0 amide bonds. The maximum atomic E-state index is 5.72. The molecule has 0 spiro atoms. The van der Waals surface area contributed by atoms with Crippen molar-refractivity contribution in [2.75, 3.05) is 18.1 Å². The fraction of sp³-hybridized carbons (Fsp3) is 0.211. The number of rotatable bonds is 3. The van der Waals surface area contributed by atoms with Crippen LogP contribution in [-0.4, -0.2) is 23.3 Å². The highest BCUT2D eigenvalue weighted by Crippen LogP contribution is 2.26. The Morgan fingerprint density at radius 2 is 2.04 bits per heavy atom. The number of H-pyrrole nitrogens is 1. The minimum atomic E-state index is 0.696. The number of aromatic nitrogens is 2. The molecule has 4 nitrogen and oxygen atoms in total. The maximum Gasteiger partial charge on any atom is 0.0737 e. The molecule has 1 aliphatic heterocycles. The number of hydrogen-bond donors (Lipinski definition) is 1. The van der Waals surface area contributed by atoms with Gasteiger partial charge in [0.2, 0.25) is 0 Å². The zero-order valence-corrected chi connectivity index (χ0v) is 12.9. The predicted octanol–water partition coefficient (Wildman–Crippen LogP) is 3.61. The lowest BCUT2D eigenvalue weighted by molar-refractivity contribution is 0.132. The second-order valence-corrected chi connectivity index (χ2v) is 5.79. The first-order chi connectivity index (χ1) is 11.4. The minimum absolute atomic E-state index is 0.696. The summed E-state index contributed by atoms with van der Waals surface area (Å²) < 4.78 is 5.72. The van der Waals surface area contributed by atoms with Crippen LogP contribution in [0, 0.1) is 0 Å². The lowest BCUT2D eigenvalue weighted by atomic mass is 10.1. The van der Waals surface area contributed by atoms with E-state index in [9.17, 15) is 0 Å². The molecule has 0 aliphatic carbocycles. The van der Waals surface area contributed by atoms with E-state index in [0.29, 0.717) is 6.61 Å². The van der Waals surface area contributed by atoms with Gasteiger partial charge in [0.25, 0.3) is 0 Å². The fourth-order valence-corrected chi connectivity index (χ4v) is 3.06. The lowest BCUT2D eigenvalue weighted by Crippen LogP contribution is -2.25. The Morgan fingerprint density at radius 3 is 2.96 bits per heavy atom. The summed E-state index contributed by atoms with van der Waals surface area (Å²) in [5.41, 5.74) is 6.14. The largest absolute Gasteiger partial charge is 0.375 e. The summed E-state index contributed by atoms with van der Waals surface area (Å²) in [5, 5.41) is 6.91. The molecule has 0 radical (unpaired) electrons. The predicted molar refractivity (Wildman–Crippen MR) is 91.2 cm³/mol. The van der Waals surface area contributed by atoms with Gasteiger partial charge in [-0.05, 0) is 23.3 Å². The van der Waals surface area contributed by atoms with E-state index in [1.807, 2.05) is 12.4 Å². The van der Waals surface area contributed by atoms with Crippen molar-refractivity contribution in [1.29, 1.82) is 0 Å². The van der Waals surface area contributed by atoms with Crippen LogP contribution in [0.3, 0.4) is 0 Å². The van der Waals surface area contributed by atoms with Gasteiger partial charge in [0.1, 0.15) is 0 Å². The van der Waals surface area contributed by atoms with Gasteiger partial charge in [0, 0.05) is 36.1 Å². The number of aromatic amines is 1. The van der Waals surface area contributed by atoms with Crippen LogP contribution in [0.2, 0.25) is 0 Å². The van der Waals surface area contributed by atoms with E-state index in [1.165, 1.54) is 22.4 Å². The molecule has 2 heterocycles. The maximum absolute atomic E-state index is 5.72. The third-order valence-corrected chi connectivity index (χ3v) is 4.23. The molecular formula is C19H19N3O. The van der Waals surface area contributed by atoms with E-state index in [1.54, 1.807) is 0 Å². The standard InChI is InChI=1S/C19H19N3O/c1-2-7-19-17(5-1)14-23-9-8-22(19)13-15-4-3-6-16(10-15)18-11-20-21-12-18/h1-7,10-12H,8-9,13-14H2,(H,20,21). The Morgan fingerprint density at radius 1 is 1.09 bits per heavy atom. The molecule has 4 heteroatoms. The van der Waals surface area contributed by atoms with Gasteiger partial charge in [0.15, 0.2) is 0 Å². The molecule has 0 bridgehead atoms. The van der Waals surface area contributed by atoms with Gasteiger partial charge < -0.3 is 9.64 Å². The average molecular weight is 305 g/mol. The minimum Gasteiger partial charge on any atom is -0.375 e. The quantitative estimate of drug-likeness (QED) is 0.803. The number of para-hydroxylation sites is 1. The van der Waals surface area contributed by atoms with Crippen molar-refractivity contribution >= 4 is 5.69 Å². The second-order valence-electron chi connectivity index (χ2n) is 5.79. The fourth-order valence-electron chi connectivity index (χ4n) is 3.06. The van der Waals surface area contributed by atoms with Crippen molar-refractivity contribution in [2.24, 2.45) is 0 Å². The molecule has 1 N–H and O–H groups in total. The normalized spacial score (nSPS) is 14.3. The zero-order valence-electron chi connectivity index (χ0n) is 12.9. The topological polar surface area (TPSA) is 41.1 Å². The molecule has 23 heavy (non-hydrogen) atoms. The summed E-state index contributed by atoms with van der Waals surface area (Å²) >= 11 is 0. The molecule has 0 unspecified atom stereocenters. The number of anilines is 1. The summed E-state index contributed by atoms with van der Waals surface area (Å²) in [6, 6.07) is 17.1. The van der Waals surface area contributed by atoms with Gasteiger partial charge in [0.05, 0.1) is 19.4 Å². The SMILES string of the molecule is c1cc(CN2CCOCc3ccccc32)cc(-c2cn[nH]c2)c1. The number of hydrogen-bond acceptors (Lipinski definition) is 3. The number of benzene rings is 2. The van der Waals surface area contributed by atoms with Crippen LogP contribution >= 0.6 is 0 Å². The lowest BCUT2D eigenvalue weighted by Gasteiger charge is -2.24. The summed E-state index contributed by atoms with van der Waals surface area (Å²) in [4.78, 5) is 2.40. The molecule has 0 fully saturated rings.